The minimum Gasteiger partial charge on any atom is -0.399 e. The smallest absolute Gasteiger partial charge is 0.0394 e. The lowest BCUT2D eigenvalue weighted by molar-refractivity contribution is 0.321. The van der Waals surface area contributed by atoms with Gasteiger partial charge in [0.25, 0.3) is 0 Å². The molecular formula is C13H20N2. The number of benzene rings is 1. The maximum absolute atomic E-state index is 5.75. The molecule has 2 nitrogen and oxygen atoms in total. The number of hydrogen-bond donors (Lipinski definition) is 1. The highest BCUT2D eigenvalue weighted by Crippen LogP contribution is 2.29. The van der Waals surface area contributed by atoms with Gasteiger partial charge in [0, 0.05) is 25.0 Å². The number of hydrogen-bond acceptors (Lipinski definition) is 2. The third-order valence-electron chi connectivity index (χ3n) is 3.39. The van der Waals surface area contributed by atoms with Crippen LogP contribution in [-0.2, 0) is 0 Å². The highest BCUT2D eigenvalue weighted by atomic mass is 15.1. The summed E-state index contributed by atoms with van der Waals surface area (Å²) < 4.78 is 0. The molecule has 1 fully saturated rings. The molecule has 0 radical (unpaired) electrons. The number of nitrogens with zero attached hydrogens (tertiary/aromatic N) is 1. The van der Waals surface area contributed by atoms with Gasteiger partial charge in [-0.25, -0.2) is 0 Å². The van der Waals surface area contributed by atoms with E-state index in [1.807, 2.05) is 12.1 Å². The zero-order valence-electron chi connectivity index (χ0n) is 9.66. The third kappa shape index (κ3) is 2.25. The van der Waals surface area contributed by atoms with E-state index in [2.05, 4.69) is 24.9 Å². The quantitative estimate of drug-likeness (QED) is 0.767. The lowest BCUT2D eigenvalue weighted by Crippen LogP contribution is -2.29. The summed E-state index contributed by atoms with van der Waals surface area (Å²) in [6.45, 7) is 3.31. The molecule has 0 amide bonds. The van der Waals surface area contributed by atoms with E-state index in [1.54, 1.807) is 0 Å². The van der Waals surface area contributed by atoms with Crippen LogP contribution in [0, 0.1) is 12.8 Å². The van der Waals surface area contributed by atoms with Crippen molar-refractivity contribution in [2.75, 3.05) is 24.2 Å². The Bertz CT molecular complexity index is 342. The Morgan fingerprint density at radius 2 is 2.13 bits per heavy atom. The van der Waals surface area contributed by atoms with Gasteiger partial charge in [0.05, 0.1) is 0 Å². The highest BCUT2D eigenvalue weighted by Gasteiger charge is 2.19. The van der Waals surface area contributed by atoms with Crippen LogP contribution in [-0.4, -0.2) is 13.6 Å². The van der Waals surface area contributed by atoms with Gasteiger partial charge in [0.2, 0.25) is 0 Å². The molecule has 0 aliphatic heterocycles. The monoisotopic (exact) mass is 204 g/mol. The fourth-order valence-corrected chi connectivity index (χ4v) is 2.27. The Hall–Kier alpha value is -1.18. The molecular weight excluding hydrogens is 184 g/mol. The van der Waals surface area contributed by atoms with Crippen LogP contribution in [0.3, 0.4) is 0 Å². The van der Waals surface area contributed by atoms with Crippen LogP contribution in [0.1, 0.15) is 24.8 Å². The van der Waals surface area contributed by atoms with Crippen LogP contribution in [0.5, 0.6) is 0 Å². The zero-order valence-corrected chi connectivity index (χ0v) is 9.66. The minimum absolute atomic E-state index is 0.855. The minimum atomic E-state index is 0.855. The summed E-state index contributed by atoms with van der Waals surface area (Å²) >= 11 is 0. The van der Waals surface area contributed by atoms with Gasteiger partial charge in [0.1, 0.15) is 0 Å². The standard InChI is InChI=1S/C13H20N2/c1-10-8-12(14)6-7-13(10)15(2)9-11-4-3-5-11/h6-8,11H,3-5,9,14H2,1-2H3. The van der Waals surface area contributed by atoms with Gasteiger partial charge < -0.3 is 10.6 Å². The fourth-order valence-electron chi connectivity index (χ4n) is 2.27. The zero-order chi connectivity index (χ0) is 10.8. The Morgan fingerprint density at radius 3 is 2.67 bits per heavy atom. The van der Waals surface area contributed by atoms with Crippen molar-refractivity contribution in [3.8, 4) is 0 Å². The van der Waals surface area contributed by atoms with Crippen molar-refractivity contribution < 1.29 is 0 Å². The Labute approximate surface area is 92.1 Å². The molecule has 1 saturated carbocycles. The maximum Gasteiger partial charge on any atom is 0.0394 e. The van der Waals surface area contributed by atoms with Crippen LogP contribution >= 0.6 is 0 Å². The van der Waals surface area contributed by atoms with Gasteiger partial charge in [0.15, 0.2) is 0 Å². The molecule has 0 spiro atoms. The van der Waals surface area contributed by atoms with Crippen molar-refractivity contribution in [2.45, 2.75) is 26.2 Å². The van der Waals surface area contributed by atoms with Gasteiger partial charge in [-0.05, 0) is 49.4 Å². The number of nitrogens with two attached hydrogens (primary N) is 1. The van der Waals surface area contributed by atoms with Crippen molar-refractivity contribution in [2.24, 2.45) is 5.92 Å². The molecule has 0 bridgehead atoms. The van der Waals surface area contributed by atoms with Gasteiger partial charge in [-0.2, -0.15) is 0 Å². The predicted octanol–water partition coefficient (Wildman–Crippen LogP) is 2.81. The summed E-state index contributed by atoms with van der Waals surface area (Å²) in [6.07, 6.45) is 4.22. The Morgan fingerprint density at radius 1 is 1.40 bits per heavy atom. The van der Waals surface area contributed by atoms with E-state index < -0.39 is 0 Å². The van der Waals surface area contributed by atoms with Crippen LogP contribution < -0.4 is 10.6 Å². The number of nitrogen functional groups attached to an aromatic ring is 1. The topological polar surface area (TPSA) is 29.3 Å². The van der Waals surface area contributed by atoms with Crippen LogP contribution in [0.15, 0.2) is 18.2 Å². The van der Waals surface area contributed by atoms with E-state index in [1.165, 1.54) is 37.1 Å². The summed E-state index contributed by atoms with van der Waals surface area (Å²) in [6, 6.07) is 6.16. The van der Waals surface area contributed by atoms with E-state index >= 15 is 0 Å². The number of aryl methyl sites for hydroxylation is 1. The number of rotatable bonds is 3. The summed E-state index contributed by atoms with van der Waals surface area (Å²) in [7, 11) is 2.18. The molecule has 0 saturated heterocycles. The van der Waals surface area contributed by atoms with Crippen LogP contribution in [0.4, 0.5) is 11.4 Å². The second-order valence-corrected chi connectivity index (χ2v) is 4.72. The fraction of sp³-hybridized carbons (Fsp3) is 0.538. The molecule has 2 N–H and O–H groups in total. The normalized spacial score (nSPS) is 16.1. The van der Waals surface area contributed by atoms with Gasteiger partial charge in [-0.1, -0.05) is 6.42 Å². The van der Waals surface area contributed by atoms with Crippen molar-refractivity contribution in [3.63, 3.8) is 0 Å². The average Bonchev–Trinajstić information content (AvgIpc) is 2.11. The van der Waals surface area contributed by atoms with Crippen molar-refractivity contribution in [1.29, 1.82) is 0 Å². The maximum atomic E-state index is 5.75. The van der Waals surface area contributed by atoms with Gasteiger partial charge in [-0.15, -0.1) is 0 Å². The Balaban J connectivity index is 2.06. The molecule has 0 unspecified atom stereocenters. The molecule has 82 valence electrons. The van der Waals surface area contributed by atoms with Crippen molar-refractivity contribution in [1.82, 2.24) is 0 Å². The van der Waals surface area contributed by atoms with E-state index in [0.29, 0.717) is 0 Å². The number of anilines is 2. The van der Waals surface area contributed by atoms with Crippen molar-refractivity contribution >= 4 is 11.4 Å². The molecule has 1 aromatic carbocycles. The lowest BCUT2D eigenvalue weighted by Gasteiger charge is -2.32. The molecule has 0 heterocycles. The lowest BCUT2D eigenvalue weighted by atomic mass is 9.85. The van der Waals surface area contributed by atoms with E-state index in [9.17, 15) is 0 Å². The van der Waals surface area contributed by atoms with E-state index in [-0.39, 0.29) is 0 Å². The van der Waals surface area contributed by atoms with Crippen LogP contribution in [0.25, 0.3) is 0 Å². The van der Waals surface area contributed by atoms with Gasteiger partial charge >= 0.3 is 0 Å². The SMILES string of the molecule is Cc1cc(N)ccc1N(C)CC1CCC1. The first kappa shape index (κ1) is 10.3. The van der Waals surface area contributed by atoms with Crippen LogP contribution in [0.2, 0.25) is 0 Å². The predicted molar refractivity (Wildman–Crippen MR) is 66.2 cm³/mol. The molecule has 0 atom stereocenters. The first-order valence-corrected chi connectivity index (χ1v) is 5.74. The molecule has 2 rings (SSSR count). The molecule has 1 aliphatic rings. The average molecular weight is 204 g/mol. The first-order chi connectivity index (χ1) is 7.16. The van der Waals surface area contributed by atoms with Gasteiger partial charge in [-0.3, -0.25) is 0 Å². The summed E-state index contributed by atoms with van der Waals surface area (Å²) in [4.78, 5) is 2.36. The molecule has 1 aliphatic carbocycles. The summed E-state index contributed by atoms with van der Waals surface area (Å²) in [5.74, 6) is 0.909. The second-order valence-electron chi connectivity index (χ2n) is 4.72. The summed E-state index contributed by atoms with van der Waals surface area (Å²) in [5.41, 5.74) is 9.19. The molecule has 15 heavy (non-hydrogen) atoms. The summed E-state index contributed by atoms with van der Waals surface area (Å²) in [5, 5.41) is 0. The van der Waals surface area contributed by atoms with E-state index in [4.69, 9.17) is 5.73 Å². The highest BCUT2D eigenvalue weighted by molar-refractivity contribution is 5.58. The third-order valence-corrected chi connectivity index (χ3v) is 3.39. The van der Waals surface area contributed by atoms with E-state index in [0.717, 1.165) is 11.6 Å². The largest absolute Gasteiger partial charge is 0.399 e. The van der Waals surface area contributed by atoms with Crippen molar-refractivity contribution in [3.05, 3.63) is 23.8 Å². The Kier molecular flexibility index (Phi) is 2.85. The second kappa shape index (κ2) is 4.13. The first-order valence-electron chi connectivity index (χ1n) is 5.74. The molecule has 1 aromatic rings. The molecule has 2 heteroatoms. The molecule has 0 aromatic heterocycles.